The molecular weight excluding hydrogens is 537 g/mol. The van der Waals surface area contributed by atoms with Crippen LogP contribution in [0, 0.1) is 19.7 Å². The van der Waals surface area contributed by atoms with Crippen LogP contribution in [0.3, 0.4) is 0 Å². The van der Waals surface area contributed by atoms with E-state index in [2.05, 4.69) is 65.0 Å². The molecule has 7 nitrogen and oxygen atoms in total. The lowest BCUT2D eigenvalue weighted by Gasteiger charge is -2.40. The summed E-state index contributed by atoms with van der Waals surface area (Å²) in [6.45, 7) is 7.43. The first-order chi connectivity index (χ1) is 19.8. The van der Waals surface area contributed by atoms with E-state index in [0.717, 1.165) is 33.5 Å². The quantitative estimate of drug-likeness (QED) is 0.194. The summed E-state index contributed by atoms with van der Waals surface area (Å²) in [6.07, 6.45) is 1.11. The first-order valence-corrected chi connectivity index (χ1v) is 14.9. The summed E-state index contributed by atoms with van der Waals surface area (Å²) in [7, 11) is 0. The van der Waals surface area contributed by atoms with E-state index in [0.29, 0.717) is 38.0 Å². The van der Waals surface area contributed by atoms with Crippen LogP contribution >= 0.6 is 11.8 Å². The summed E-state index contributed by atoms with van der Waals surface area (Å²) in [5.74, 6) is 0.951. The molecule has 0 aliphatic carbocycles. The lowest BCUT2D eigenvalue weighted by atomic mass is 10.1. The zero-order valence-electron chi connectivity index (χ0n) is 23.6. The molecule has 9 heteroatoms. The second-order valence-electron chi connectivity index (χ2n) is 10.4. The molecular formula is C32H34FN5O2S. The monoisotopic (exact) mass is 571 g/mol. The van der Waals surface area contributed by atoms with E-state index < -0.39 is 5.82 Å². The number of para-hydroxylation sites is 1. The van der Waals surface area contributed by atoms with E-state index in [1.54, 1.807) is 22.7 Å². The molecule has 0 radical (unpaired) electrons. The number of aryl methyl sites for hydroxylation is 2. The van der Waals surface area contributed by atoms with Gasteiger partial charge >= 0.3 is 0 Å². The molecule has 0 spiro atoms. The van der Waals surface area contributed by atoms with Crippen molar-refractivity contribution in [2.75, 3.05) is 25.4 Å². The van der Waals surface area contributed by atoms with Gasteiger partial charge in [-0.15, -0.1) is 10.2 Å². The van der Waals surface area contributed by atoms with Crippen LogP contribution in [0.5, 0.6) is 0 Å². The van der Waals surface area contributed by atoms with E-state index in [4.69, 9.17) is 0 Å². The maximum absolute atomic E-state index is 13.6. The van der Waals surface area contributed by atoms with Gasteiger partial charge in [-0.1, -0.05) is 65.9 Å². The number of benzene rings is 3. The van der Waals surface area contributed by atoms with Crippen LogP contribution < -0.4 is 0 Å². The smallest absolute Gasteiger partial charge is 0.254 e. The minimum absolute atomic E-state index is 0.0796. The van der Waals surface area contributed by atoms with Gasteiger partial charge in [-0.25, -0.2) is 4.39 Å². The molecule has 1 aliphatic heterocycles. The zero-order chi connectivity index (χ0) is 28.9. The van der Waals surface area contributed by atoms with E-state index in [9.17, 15) is 14.0 Å². The molecule has 1 aliphatic rings. The van der Waals surface area contributed by atoms with Gasteiger partial charge in [-0.3, -0.25) is 14.2 Å². The summed E-state index contributed by atoms with van der Waals surface area (Å²) in [5, 5.41) is 9.86. The molecule has 1 fully saturated rings. The largest absolute Gasteiger partial charge is 0.339 e. The van der Waals surface area contributed by atoms with Gasteiger partial charge in [0.05, 0.1) is 5.69 Å². The molecule has 212 valence electrons. The standard InChI is InChI=1S/C32H34FN5O2S/c1-22-13-15-25(16-14-22)30-34-35-32(38(30)28-11-5-4-8-23(28)2)41-19-7-12-29(39)36-17-18-37(24(3)21-36)31(40)26-9-6-10-27(33)20-26/h4-6,8-11,13-16,20,24H,7,12,17-19,21H2,1-3H3. The summed E-state index contributed by atoms with van der Waals surface area (Å²) in [6, 6.07) is 22.1. The van der Waals surface area contributed by atoms with Crippen molar-refractivity contribution in [1.82, 2.24) is 24.6 Å². The molecule has 2 amide bonds. The van der Waals surface area contributed by atoms with Crippen LogP contribution in [-0.4, -0.2) is 67.8 Å². The summed E-state index contributed by atoms with van der Waals surface area (Å²) in [5.41, 5.74) is 4.67. The first kappa shape index (κ1) is 28.5. The lowest BCUT2D eigenvalue weighted by Crippen LogP contribution is -2.55. The molecule has 4 aromatic rings. The van der Waals surface area contributed by atoms with Crippen molar-refractivity contribution in [1.29, 1.82) is 0 Å². The summed E-state index contributed by atoms with van der Waals surface area (Å²) in [4.78, 5) is 29.5. The van der Waals surface area contributed by atoms with Crippen molar-refractivity contribution in [3.8, 4) is 17.1 Å². The molecule has 1 aromatic heterocycles. The average molecular weight is 572 g/mol. The van der Waals surface area contributed by atoms with Gasteiger partial charge in [0.1, 0.15) is 5.82 Å². The summed E-state index contributed by atoms with van der Waals surface area (Å²) < 4.78 is 15.7. The second-order valence-corrected chi connectivity index (χ2v) is 11.5. The first-order valence-electron chi connectivity index (χ1n) is 13.9. The van der Waals surface area contributed by atoms with Gasteiger partial charge in [0, 0.05) is 49.0 Å². The fourth-order valence-electron chi connectivity index (χ4n) is 5.10. The Hall–Kier alpha value is -3.98. The Labute approximate surface area is 244 Å². The average Bonchev–Trinajstić information content (AvgIpc) is 3.39. The van der Waals surface area contributed by atoms with Gasteiger partial charge in [0.2, 0.25) is 5.91 Å². The van der Waals surface area contributed by atoms with Crippen molar-refractivity contribution in [3.05, 3.63) is 95.3 Å². The fraction of sp³-hybridized carbons (Fsp3) is 0.312. The van der Waals surface area contributed by atoms with Gasteiger partial charge in [0.25, 0.3) is 5.91 Å². The highest BCUT2D eigenvalue weighted by molar-refractivity contribution is 7.99. The Morgan fingerprint density at radius 3 is 2.49 bits per heavy atom. The van der Waals surface area contributed by atoms with Crippen LogP contribution in [0.4, 0.5) is 4.39 Å². The number of carbonyl (C=O) groups excluding carboxylic acids is 2. The van der Waals surface area contributed by atoms with E-state index in [1.807, 2.05) is 24.0 Å². The molecule has 1 atom stereocenters. The maximum Gasteiger partial charge on any atom is 0.254 e. The fourth-order valence-corrected chi connectivity index (χ4v) is 5.99. The Bertz CT molecular complexity index is 1540. The number of nitrogens with zero attached hydrogens (tertiary/aromatic N) is 5. The third-order valence-electron chi connectivity index (χ3n) is 7.38. The van der Waals surface area contributed by atoms with Crippen molar-refractivity contribution < 1.29 is 14.0 Å². The molecule has 1 saturated heterocycles. The normalized spacial score (nSPS) is 15.3. The van der Waals surface area contributed by atoms with Gasteiger partial charge in [-0.2, -0.15) is 0 Å². The number of hydrogen-bond acceptors (Lipinski definition) is 5. The number of aromatic nitrogens is 3. The van der Waals surface area contributed by atoms with Crippen LogP contribution in [0.25, 0.3) is 17.1 Å². The molecule has 5 rings (SSSR count). The highest BCUT2D eigenvalue weighted by Gasteiger charge is 2.30. The third kappa shape index (κ3) is 6.51. The number of rotatable bonds is 8. The zero-order valence-corrected chi connectivity index (χ0v) is 24.4. The Morgan fingerprint density at radius 1 is 0.976 bits per heavy atom. The number of carbonyl (C=O) groups is 2. The van der Waals surface area contributed by atoms with Crippen molar-refractivity contribution in [3.63, 3.8) is 0 Å². The predicted molar refractivity (Wildman–Crippen MR) is 160 cm³/mol. The van der Waals surface area contributed by atoms with Crippen molar-refractivity contribution in [2.45, 2.75) is 44.8 Å². The van der Waals surface area contributed by atoms with E-state index in [-0.39, 0.29) is 17.9 Å². The second kappa shape index (κ2) is 12.7. The summed E-state index contributed by atoms with van der Waals surface area (Å²) >= 11 is 1.60. The topological polar surface area (TPSA) is 71.3 Å². The van der Waals surface area contributed by atoms with E-state index in [1.165, 1.54) is 23.8 Å². The van der Waals surface area contributed by atoms with Crippen LogP contribution in [-0.2, 0) is 4.79 Å². The van der Waals surface area contributed by atoms with Gasteiger partial charge in [0.15, 0.2) is 11.0 Å². The SMILES string of the molecule is Cc1ccc(-c2nnc(SCCCC(=O)N3CCN(C(=O)c4cccc(F)c4)C(C)C3)n2-c2ccccc2C)cc1. The molecule has 0 N–H and O–H groups in total. The predicted octanol–water partition coefficient (Wildman–Crippen LogP) is 5.94. The lowest BCUT2D eigenvalue weighted by molar-refractivity contribution is -0.133. The van der Waals surface area contributed by atoms with Gasteiger partial charge < -0.3 is 9.80 Å². The molecule has 0 saturated carbocycles. The van der Waals surface area contributed by atoms with E-state index >= 15 is 0 Å². The number of amides is 2. The van der Waals surface area contributed by atoms with Crippen LogP contribution in [0.15, 0.2) is 78.0 Å². The highest BCUT2D eigenvalue weighted by atomic mass is 32.2. The maximum atomic E-state index is 13.6. The Kier molecular flexibility index (Phi) is 8.83. The Morgan fingerprint density at radius 2 is 1.76 bits per heavy atom. The molecule has 41 heavy (non-hydrogen) atoms. The molecule has 1 unspecified atom stereocenters. The number of hydrogen-bond donors (Lipinski definition) is 0. The number of halogens is 1. The molecule has 3 aromatic carbocycles. The van der Waals surface area contributed by atoms with Crippen LogP contribution in [0.1, 0.15) is 41.3 Å². The highest BCUT2D eigenvalue weighted by Crippen LogP contribution is 2.30. The van der Waals surface area contributed by atoms with Gasteiger partial charge in [-0.05, 0) is 57.0 Å². The minimum atomic E-state index is -0.432. The van der Waals surface area contributed by atoms with Crippen molar-refractivity contribution >= 4 is 23.6 Å². The number of thioether (sulfide) groups is 1. The van der Waals surface area contributed by atoms with Crippen LogP contribution in [0.2, 0.25) is 0 Å². The van der Waals surface area contributed by atoms with Crippen molar-refractivity contribution in [2.24, 2.45) is 0 Å². The molecule has 0 bridgehead atoms. The third-order valence-corrected chi connectivity index (χ3v) is 8.39. The molecule has 2 heterocycles. The minimum Gasteiger partial charge on any atom is -0.339 e. The Balaban J connectivity index is 1.19. The number of piperazine rings is 1.